The number of aldehydes is 1. The third kappa shape index (κ3) is 4.90. The van der Waals surface area contributed by atoms with Crippen molar-refractivity contribution in [2.75, 3.05) is 0 Å². The number of nitrogens with one attached hydrogen (secondary N) is 1. The van der Waals surface area contributed by atoms with Crippen molar-refractivity contribution >= 4 is 18.4 Å². The fraction of sp³-hybridized carbons (Fsp3) is 0.444. The van der Waals surface area contributed by atoms with Gasteiger partial charge in [0.25, 0.3) is 0 Å². The van der Waals surface area contributed by atoms with Crippen LogP contribution in [0.15, 0.2) is 16.9 Å². The summed E-state index contributed by atoms with van der Waals surface area (Å²) >= 11 is 0. The number of allylic oxidation sites excluding steroid dienone is 1. The minimum Gasteiger partial charge on any atom is -0.314 e. The second-order valence-corrected chi connectivity index (χ2v) is 2.41. The summed E-state index contributed by atoms with van der Waals surface area (Å²) < 4.78 is 0. The molecule has 0 aromatic heterocycles. The zero-order valence-corrected chi connectivity index (χ0v) is 7.91. The average molecular weight is 182 g/mol. The van der Waals surface area contributed by atoms with Crippen LogP contribution in [-0.4, -0.2) is 18.4 Å². The van der Waals surface area contributed by atoms with E-state index in [1.807, 2.05) is 6.92 Å². The van der Waals surface area contributed by atoms with Crippen molar-refractivity contribution in [3.05, 3.63) is 11.9 Å². The fourth-order valence-electron chi connectivity index (χ4n) is 0.793. The molecule has 0 aromatic carbocycles. The molecule has 0 aliphatic carbocycles. The molecule has 72 valence electrons. The summed E-state index contributed by atoms with van der Waals surface area (Å²) in [4.78, 5) is 24.5. The van der Waals surface area contributed by atoms with Crippen LogP contribution in [0, 0.1) is 0 Å². The van der Waals surface area contributed by atoms with Crippen molar-refractivity contribution in [2.24, 2.45) is 4.99 Å². The van der Waals surface area contributed by atoms with Gasteiger partial charge in [-0.25, -0.2) is 4.99 Å². The Morgan fingerprint density at radius 1 is 1.46 bits per heavy atom. The molecule has 1 amide bonds. The van der Waals surface area contributed by atoms with E-state index >= 15 is 0 Å². The molecule has 0 aromatic rings. The maximum Gasteiger partial charge on any atom is 0.212 e. The predicted molar refractivity (Wildman–Crippen MR) is 51.4 cm³/mol. The van der Waals surface area contributed by atoms with Crippen molar-refractivity contribution < 1.29 is 9.59 Å². The summed E-state index contributed by atoms with van der Waals surface area (Å²) in [6.07, 6.45) is 4.36. The van der Waals surface area contributed by atoms with Gasteiger partial charge in [-0.1, -0.05) is 13.3 Å². The van der Waals surface area contributed by atoms with Crippen molar-refractivity contribution in [2.45, 2.75) is 26.7 Å². The molecule has 0 unspecified atom stereocenters. The molecule has 0 atom stereocenters. The molecule has 1 N–H and O–H groups in total. The maximum atomic E-state index is 10.5. The van der Waals surface area contributed by atoms with Gasteiger partial charge in [0.05, 0.1) is 5.71 Å². The monoisotopic (exact) mass is 182 g/mol. The van der Waals surface area contributed by atoms with E-state index in [0.29, 0.717) is 30.6 Å². The lowest BCUT2D eigenvalue weighted by molar-refractivity contribution is -0.109. The molecule has 0 saturated carbocycles. The van der Waals surface area contributed by atoms with Crippen LogP contribution >= 0.6 is 0 Å². The van der Waals surface area contributed by atoms with Gasteiger partial charge in [-0.15, -0.1) is 0 Å². The molecule has 4 heteroatoms. The van der Waals surface area contributed by atoms with E-state index in [9.17, 15) is 9.59 Å². The molecular formula is C9H14N2O2. The number of hydrogen-bond donors (Lipinski definition) is 1. The van der Waals surface area contributed by atoms with Crippen LogP contribution in [0.3, 0.4) is 0 Å². The number of hydrogen-bond acceptors (Lipinski definition) is 3. The van der Waals surface area contributed by atoms with E-state index in [0.717, 1.165) is 6.42 Å². The lowest BCUT2D eigenvalue weighted by Crippen LogP contribution is -2.11. The van der Waals surface area contributed by atoms with Gasteiger partial charge in [-0.2, -0.15) is 0 Å². The zero-order valence-electron chi connectivity index (χ0n) is 7.91. The largest absolute Gasteiger partial charge is 0.314 e. The van der Waals surface area contributed by atoms with Gasteiger partial charge in [-0.3, -0.25) is 9.59 Å². The Balaban J connectivity index is 4.44. The highest BCUT2D eigenvalue weighted by atomic mass is 16.1. The summed E-state index contributed by atoms with van der Waals surface area (Å²) in [5, 5.41) is 2.39. The molecule has 0 bridgehead atoms. The quantitative estimate of drug-likeness (QED) is 0.492. The van der Waals surface area contributed by atoms with E-state index in [2.05, 4.69) is 10.3 Å². The summed E-state index contributed by atoms with van der Waals surface area (Å²) in [7, 11) is 0. The highest BCUT2D eigenvalue weighted by molar-refractivity contribution is 6.28. The number of rotatable bonds is 6. The van der Waals surface area contributed by atoms with Crippen molar-refractivity contribution in [1.82, 2.24) is 5.32 Å². The molecule has 0 saturated heterocycles. The van der Waals surface area contributed by atoms with E-state index < -0.39 is 0 Å². The van der Waals surface area contributed by atoms with Crippen molar-refractivity contribution in [1.29, 1.82) is 0 Å². The number of carbonyl (C=O) groups is 2. The topological polar surface area (TPSA) is 58.5 Å². The SMILES string of the molecule is C/C=C(\N=C(\C=O)CCC)NC=O. The molecule has 0 aliphatic rings. The second kappa shape index (κ2) is 7.21. The predicted octanol–water partition coefficient (Wildman–Crippen LogP) is 1.03. The number of aliphatic imine (C=N–C) groups is 1. The third-order valence-corrected chi connectivity index (χ3v) is 1.39. The standard InChI is InChI=1S/C9H14N2O2/c1-3-5-8(6-12)11-9(4-2)10-7-13/h4,6-7H,3,5H2,1-2H3,(H,10,13)/b9-4-,11-8+. The molecule has 0 spiro atoms. The molecule has 0 rings (SSSR count). The highest BCUT2D eigenvalue weighted by Crippen LogP contribution is 1.96. The molecule has 0 aliphatic heterocycles. The first-order chi connectivity index (χ1) is 6.28. The van der Waals surface area contributed by atoms with Crippen LogP contribution < -0.4 is 5.32 Å². The summed E-state index contributed by atoms with van der Waals surface area (Å²) in [6.45, 7) is 3.70. The second-order valence-electron chi connectivity index (χ2n) is 2.41. The van der Waals surface area contributed by atoms with E-state index in [-0.39, 0.29) is 0 Å². The molecule has 0 radical (unpaired) electrons. The minimum atomic E-state index is 0.408. The molecule has 4 nitrogen and oxygen atoms in total. The van der Waals surface area contributed by atoms with Crippen LogP contribution in [0.4, 0.5) is 0 Å². The average Bonchev–Trinajstić information content (AvgIpc) is 2.16. The normalized spacial score (nSPS) is 12.5. The third-order valence-electron chi connectivity index (χ3n) is 1.39. The smallest absolute Gasteiger partial charge is 0.212 e. The van der Waals surface area contributed by atoms with Crippen LogP contribution in [0.5, 0.6) is 0 Å². The van der Waals surface area contributed by atoms with Gasteiger partial charge in [0.15, 0.2) is 6.29 Å². The van der Waals surface area contributed by atoms with Gasteiger partial charge in [-0.05, 0) is 19.4 Å². The van der Waals surface area contributed by atoms with Gasteiger partial charge >= 0.3 is 0 Å². The van der Waals surface area contributed by atoms with Gasteiger partial charge in [0, 0.05) is 0 Å². The molecular weight excluding hydrogens is 168 g/mol. The first-order valence-electron chi connectivity index (χ1n) is 4.17. The Morgan fingerprint density at radius 2 is 2.15 bits per heavy atom. The molecule has 0 fully saturated rings. The summed E-state index contributed by atoms with van der Waals surface area (Å²) in [5.74, 6) is 0.408. The first kappa shape index (κ1) is 11.6. The molecule has 13 heavy (non-hydrogen) atoms. The van der Waals surface area contributed by atoms with Crippen LogP contribution in [0.1, 0.15) is 26.7 Å². The number of carbonyl (C=O) groups excluding carboxylic acids is 2. The zero-order chi connectivity index (χ0) is 10.1. The Morgan fingerprint density at radius 3 is 2.54 bits per heavy atom. The summed E-state index contributed by atoms with van der Waals surface area (Å²) in [6, 6.07) is 0. The number of amides is 1. The van der Waals surface area contributed by atoms with Gasteiger partial charge in [0.2, 0.25) is 6.41 Å². The summed E-state index contributed by atoms with van der Waals surface area (Å²) in [5.41, 5.74) is 0.449. The Labute approximate surface area is 77.7 Å². The van der Waals surface area contributed by atoms with E-state index in [1.165, 1.54) is 0 Å². The Kier molecular flexibility index (Phi) is 6.41. The first-order valence-corrected chi connectivity index (χ1v) is 4.17. The van der Waals surface area contributed by atoms with Crippen molar-refractivity contribution in [3.63, 3.8) is 0 Å². The van der Waals surface area contributed by atoms with Crippen LogP contribution in [-0.2, 0) is 9.59 Å². The number of nitrogens with zero attached hydrogens (tertiary/aromatic N) is 1. The maximum absolute atomic E-state index is 10.5. The lowest BCUT2D eigenvalue weighted by atomic mass is 10.2. The van der Waals surface area contributed by atoms with E-state index in [1.54, 1.807) is 13.0 Å². The fourth-order valence-corrected chi connectivity index (χ4v) is 0.793. The Bertz CT molecular complexity index is 232. The van der Waals surface area contributed by atoms with Crippen LogP contribution in [0.2, 0.25) is 0 Å². The van der Waals surface area contributed by atoms with Crippen LogP contribution in [0.25, 0.3) is 0 Å². The molecule has 0 heterocycles. The van der Waals surface area contributed by atoms with E-state index in [4.69, 9.17) is 0 Å². The highest BCUT2D eigenvalue weighted by Gasteiger charge is 1.97. The lowest BCUT2D eigenvalue weighted by Gasteiger charge is -1.99. The van der Waals surface area contributed by atoms with Crippen molar-refractivity contribution in [3.8, 4) is 0 Å². The van der Waals surface area contributed by atoms with Gasteiger partial charge < -0.3 is 5.32 Å². The minimum absolute atomic E-state index is 0.408. The van der Waals surface area contributed by atoms with Gasteiger partial charge in [0.1, 0.15) is 5.82 Å². The Hall–Kier alpha value is -1.45.